The van der Waals surface area contributed by atoms with Crippen molar-refractivity contribution < 1.29 is 4.79 Å². The lowest BCUT2D eigenvalue weighted by atomic mass is 10.2. The van der Waals surface area contributed by atoms with Crippen molar-refractivity contribution in [2.75, 3.05) is 5.32 Å². The normalized spacial score (nSPS) is 10.1. The van der Waals surface area contributed by atoms with E-state index < -0.39 is 0 Å². The third-order valence-electron chi connectivity index (χ3n) is 2.35. The lowest BCUT2D eigenvalue weighted by molar-refractivity contribution is -0.114. The van der Waals surface area contributed by atoms with Crippen molar-refractivity contribution >= 4 is 11.7 Å². The van der Waals surface area contributed by atoms with E-state index >= 15 is 0 Å². The monoisotopic (exact) mass is 243 g/mol. The van der Waals surface area contributed by atoms with Crippen LogP contribution in [0.25, 0.3) is 0 Å². The second kappa shape index (κ2) is 5.27. The summed E-state index contributed by atoms with van der Waals surface area (Å²) in [4.78, 5) is 22.6. The molecule has 1 aromatic heterocycles. The summed E-state index contributed by atoms with van der Waals surface area (Å²) in [5.74, 6) is 0.158. The van der Waals surface area contributed by atoms with E-state index in [-0.39, 0.29) is 11.5 Å². The Hall–Kier alpha value is -2.43. The first kappa shape index (κ1) is 12.0. The molecule has 1 heterocycles. The highest BCUT2D eigenvalue weighted by Gasteiger charge is 2.02. The average molecular weight is 243 g/mol. The number of hydrogen-bond acceptors (Lipinski definition) is 3. The molecule has 92 valence electrons. The van der Waals surface area contributed by atoms with Gasteiger partial charge in [0.05, 0.1) is 6.54 Å². The Morgan fingerprint density at radius 2 is 1.94 bits per heavy atom. The zero-order valence-electron chi connectivity index (χ0n) is 9.96. The van der Waals surface area contributed by atoms with Crippen LogP contribution in [0.5, 0.6) is 0 Å². The Kier molecular flexibility index (Phi) is 3.52. The molecule has 18 heavy (non-hydrogen) atoms. The SMILES string of the molecule is CC(=O)Nc1ccc(=O)n(Cc2ccccc2)n1. The molecule has 1 N–H and O–H groups in total. The van der Waals surface area contributed by atoms with E-state index in [1.165, 1.54) is 23.7 Å². The van der Waals surface area contributed by atoms with E-state index in [2.05, 4.69) is 10.4 Å². The molecule has 0 saturated carbocycles. The lowest BCUT2D eigenvalue weighted by Crippen LogP contribution is -2.24. The van der Waals surface area contributed by atoms with E-state index in [0.717, 1.165) is 5.56 Å². The molecule has 1 aromatic carbocycles. The van der Waals surface area contributed by atoms with Crippen LogP contribution >= 0.6 is 0 Å². The van der Waals surface area contributed by atoms with Crippen molar-refractivity contribution in [3.63, 3.8) is 0 Å². The number of anilines is 1. The molecule has 2 rings (SSSR count). The van der Waals surface area contributed by atoms with Gasteiger partial charge in [0.2, 0.25) is 5.91 Å². The predicted octanol–water partition coefficient (Wildman–Crippen LogP) is 1.25. The smallest absolute Gasteiger partial charge is 0.267 e. The van der Waals surface area contributed by atoms with E-state index in [1.807, 2.05) is 30.3 Å². The summed E-state index contributed by atoms with van der Waals surface area (Å²) in [6.45, 7) is 1.78. The highest BCUT2D eigenvalue weighted by Crippen LogP contribution is 2.02. The molecule has 0 bridgehead atoms. The van der Waals surface area contributed by atoms with Gasteiger partial charge in [0.15, 0.2) is 5.82 Å². The fraction of sp³-hybridized carbons (Fsp3) is 0.154. The number of nitrogens with zero attached hydrogens (tertiary/aromatic N) is 2. The summed E-state index contributed by atoms with van der Waals surface area (Å²) in [6.07, 6.45) is 0. The van der Waals surface area contributed by atoms with Gasteiger partial charge in [-0.1, -0.05) is 30.3 Å². The molecule has 0 unspecified atom stereocenters. The topological polar surface area (TPSA) is 64.0 Å². The summed E-state index contributed by atoms with van der Waals surface area (Å²) in [7, 11) is 0. The molecule has 5 nitrogen and oxygen atoms in total. The van der Waals surface area contributed by atoms with Gasteiger partial charge in [-0.15, -0.1) is 0 Å². The van der Waals surface area contributed by atoms with Crippen molar-refractivity contribution in [3.05, 3.63) is 58.4 Å². The number of nitrogens with one attached hydrogen (secondary N) is 1. The minimum Gasteiger partial charge on any atom is -0.310 e. The van der Waals surface area contributed by atoms with Gasteiger partial charge in [-0.05, 0) is 11.6 Å². The molecule has 0 atom stereocenters. The molecule has 0 saturated heterocycles. The fourth-order valence-corrected chi connectivity index (χ4v) is 1.57. The molecule has 0 aliphatic heterocycles. The molecule has 5 heteroatoms. The number of carbonyl (C=O) groups is 1. The van der Waals surface area contributed by atoms with Crippen LogP contribution in [0.2, 0.25) is 0 Å². The standard InChI is InChI=1S/C13H13N3O2/c1-10(17)14-12-7-8-13(18)16(15-12)9-11-5-3-2-4-6-11/h2-8H,9H2,1H3,(H,14,15,17). The van der Waals surface area contributed by atoms with Gasteiger partial charge in [-0.25, -0.2) is 4.68 Å². The minimum absolute atomic E-state index is 0.201. The van der Waals surface area contributed by atoms with Gasteiger partial charge < -0.3 is 5.32 Å². The third kappa shape index (κ3) is 3.04. The van der Waals surface area contributed by atoms with Crippen LogP contribution in [0.15, 0.2) is 47.3 Å². The zero-order valence-corrected chi connectivity index (χ0v) is 9.96. The van der Waals surface area contributed by atoms with Crippen LogP contribution in [0.4, 0.5) is 5.82 Å². The Bertz CT molecular complexity index is 605. The molecular formula is C13H13N3O2. The maximum atomic E-state index is 11.6. The first-order chi connectivity index (χ1) is 8.65. The number of carbonyl (C=O) groups excluding carboxylic acids is 1. The molecule has 0 aliphatic carbocycles. The second-order valence-electron chi connectivity index (χ2n) is 3.88. The van der Waals surface area contributed by atoms with E-state index in [9.17, 15) is 9.59 Å². The summed E-state index contributed by atoms with van der Waals surface area (Å²) in [6, 6.07) is 12.4. The van der Waals surface area contributed by atoms with Gasteiger partial charge in [0.25, 0.3) is 5.56 Å². The van der Waals surface area contributed by atoms with Crippen LogP contribution < -0.4 is 10.9 Å². The molecule has 2 aromatic rings. The van der Waals surface area contributed by atoms with Crippen LogP contribution in [-0.2, 0) is 11.3 Å². The first-order valence-corrected chi connectivity index (χ1v) is 5.55. The number of rotatable bonds is 3. The summed E-state index contributed by atoms with van der Waals surface area (Å²) < 4.78 is 1.32. The van der Waals surface area contributed by atoms with Crippen molar-refractivity contribution in [1.82, 2.24) is 9.78 Å². The summed E-state index contributed by atoms with van der Waals surface area (Å²) >= 11 is 0. The highest BCUT2D eigenvalue weighted by molar-refractivity contribution is 5.87. The largest absolute Gasteiger partial charge is 0.310 e. The van der Waals surface area contributed by atoms with Gasteiger partial charge in [0.1, 0.15) is 0 Å². The van der Waals surface area contributed by atoms with Crippen molar-refractivity contribution in [2.24, 2.45) is 0 Å². The average Bonchev–Trinajstić information content (AvgIpc) is 2.34. The molecular weight excluding hydrogens is 230 g/mol. The van der Waals surface area contributed by atoms with Crippen LogP contribution in [0, 0.1) is 0 Å². The van der Waals surface area contributed by atoms with Crippen molar-refractivity contribution in [2.45, 2.75) is 13.5 Å². The Labute approximate surface area is 104 Å². The van der Waals surface area contributed by atoms with Crippen LogP contribution in [-0.4, -0.2) is 15.7 Å². The predicted molar refractivity (Wildman–Crippen MR) is 68.3 cm³/mol. The van der Waals surface area contributed by atoms with Gasteiger partial charge >= 0.3 is 0 Å². The third-order valence-corrected chi connectivity index (χ3v) is 2.35. The zero-order chi connectivity index (χ0) is 13.0. The lowest BCUT2D eigenvalue weighted by Gasteiger charge is -2.07. The van der Waals surface area contributed by atoms with Gasteiger partial charge in [-0.3, -0.25) is 9.59 Å². The highest BCUT2D eigenvalue weighted by atomic mass is 16.1. The molecule has 0 spiro atoms. The molecule has 0 aliphatic rings. The number of hydrogen-bond donors (Lipinski definition) is 1. The summed E-state index contributed by atoms with van der Waals surface area (Å²) in [5.41, 5.74) is 0.778. The molecule has 0 fully saturated rings. The maximum Gasteiger partial charge on any atom is 0.267 e. The van der Waals surface area contributed by atoms with Gasteiger partial charge in [-0.2, -0.15) is 5.10 Å². The molecule has 0 radical (unpaired) electrons. The van der Waals surface area contributed by atoms with Crippen molar-refractivity contribution in [3.8, 4) is 0 Å². The number of aromatic nitrogens is 2. The first-order valence-electron chi connectivity index (χ1n) is 5.55. The second-order valence-corrected chi connectivity index (χ2v) is 3.88. The number of amides is 1. The maximum absolute atomic E-state index is 11.6. The summed E-state index contributed by atoms with van der Waals surface area (Å²) in [5, 5.41) is 6.63. The van der Waals surface area contributed by atoms with Crippen LogP contribution in [0.1, 0.15) is 12.5 Å². The van der Waals surface area contributed by atoms with E-state index in [1.54, 1.807) is 0 Å². The van der Waals surface area contributed by atoms with Crippen molar-refractivity contribution in [1.29, 1.82) is 0 Å². The fourth-order valence-electron chi connectivity index (χ4n) is 1.57. The Morgan fingerprint density at radius 1 is 1.22 bits per heavy atom. The quantitative estimate of drug-likeness (QED) is 0.882. The minimum atomic E-state index is -0.215. The van der Waals surface area contributed by atoms with Gasteiger partial charge in [0, 0.05) is 13.0 Å². The Morgan fingerprint density at radius 3 is 2.61 bits per heavy atom. The Balaban J connectivity index is 2.27. The van der Waals surface area contributed by atoms with Crippen LogP contribution in [0.3, 0.4) is 0 Å². The number of benzene rings is 1. The molecule has 1 amide bonds. The van der Waals surface area contributed by atoms with E-state index in [4.69, 9.17) is 0 Å². The van der Waals surface area contributed by atoms with E-state index in [0.29, 0.717) is 12.4 Å².